The van der Waals surface area contributed by atoms with E-state index in [4.69, 9.17) is 0 Å². The van der Waals surface area contributed by atoms with Gasteiger partial charge in [0.05, 0.1) is 0 Å². The molecule has 18 heavy (non-hydrogen) atoms. The fraction of sp³-hybridized carbons (Fsp3) is 0.667. The molecular weight excluding hydrogens is 216 g/mol. The van der Waals surface area contributed by atoms with Crippen molar-refractivity contribution in [2.75, 3.05) is 0 Å². The quantitative estimate of drug-likeness (QED) is 0.232. The second-order valence-electron chi connectivity index (χ2n) is 5.32. The molecule has 0 aliphatic rings. The average Bonchev–Trinajstić information content (AvgIpc) is 2.35. The third-order valence-corrected chi connectivity index (χ3v) is 3.06. The van der Waals surface area contributed by atoms with Crippen LogP contribution < -0.4 is 0 Å². The number of unbranched alkanes of at least 4 members (excludes halogenated alkanes) is 3. The van der Waals surface area contributed by atoms with Crippen LogP contribution in [0.5, 0.6) is 0 Å². The standard InChI is InChI=1S/C18H32/c1-5-7-14-18(15-8-6-2)16-12-10-9-11-13-17(3)4/h10,12-13,16H,5-9,11,14-15H2,1-4H3. The van der Waals surface area contributed by atoms with Crippen molar-refractivity contribution in [1.82, 2.24) is 0 Å². The molecule has 0 saturated heterocycles. The maximum Gasteiger partial charge on any atom is -0.0313 e. The predicted molar refractivity (Wildman–Crippen MR) is 84.9 cm³/mol. The van der Waals surface area contributed by atoms with Crippen LogP contribution in [-0.2, 0) is 0 Å². The molecule has 0 rings (SSSR count). The van der Waals surface area contributed by atoms with Crippen LogP contribution in [-0.4, -0.2) is 0 Å². The van der Waals surface area contributed by atoms with Crippen LogP contribution in [0, 0.1) is 0 Å². The van der Waals surface area contributed by atoms with Gasteiger partial charge >= 0.3 is 0 Å². The van der Waals surface area contributed by atoms with Crippen LogP contribution in [0.1, 0.15) is 79.1 Å². The fourth-order valence-electron chi connectivity index (χ4n) is 1.87. The van der Waals surface area contributed by atoms with E-state index in [-0.39, 0.29) is 0 Å². The molecule has 0 aliphatic heterocycles. The van der Waals surface area contributed by atoms with E-state index in [0.717, 1.165) is 6.42 Å². The Labute approximate surface area is 115 Å². The SMILES string of the molecule is CCCCC(=CC=CCCC=C(C)C)CCCC. The van der Waals surface area contributed by atoms with Crippen LogP contribution in [0.3, 0.4) is 0 Å². The van der Waals surface area contributed by atoms with Crippen molar-refractivity contribution in [3.63, 3.8) is 0 Å². The van der Waals surface area contributed by atoms with Crippen LogP contribution in [0.2, 0.25) is 0 Å². The molecule has 0 heterocycles. The number of rotatable bonds is 10. The minimum atomic E-state index is 1.16. The molecule has 0 amide bonds. The maximum absolute atomic E-state index is 2.35. The molecule has 0 aromatic carbocycles. The molecule has 0 N–H and O–H groups in total. The molecule has 0 radical (unpaired) electrons. The topological polar surface area (TPSA) is 0 Å². The third kappa shape index (κ3) is 11.7. The third-order valence-electron chi connectivity index (χ3n) is 3.06. The molecule has 0 bridgehead atoms. The van der Waals surface area contributed by atoms with Gasteiger partial charge in [0.2, 0.25) is 0 Å². The summed E-state index contributed by atoms with van der Waals surface area (Å²) in [7, 11) is 0. The van der Waals surface area contributed by atoms with Gasteiger partial charge in [-0.1, -0.05) is 62.1 Å². The van der Waals surface area contributed by atoms with Crippen molar-refractivity contribution in [1.29, 1.82) is 0 Å². The lowest BCUT2D eigenvalue weighted by atomic mass is 10.0. The minimum Gasteiger partial charge on any atom is -0.0856 e. The monoisotopic (exact) mass is 248 g/mol. The molecular formula is C18H32. The zero-order valence-electron chi connectivity index (χ0n) is 13.0. The Morgan fingerprint density at radius 2 is 1.50 bits per heavy atom. The van der Waals surface area contributed by atoms with E-state index in [2.05, 4.69) is 52.0 Å². The number of hydrogen-bond acceptors (Lipinski definition) is 0. The van der Waals surface area contributed by atoms with Gasteiger partial charge in [-0.05, 0) is 52.4 Å². The molecule has 0 heteroatoms. The van der Waals surface area contributed by atoms with E-state index in [1.807, 2.05) is 0 Å². The molecule has 0 aromatic heterocycles. The highest BCUT2D eigenvalue weighted by Crippen LogP contribution is 2.15. The molecule has 0 spiro atoms. The van der Waals surface area contributed by atoms with E-state index in [1.54, 1.807) is 5.57 Å². The van der Waals surface area contributed by atoms with Gasteiger partial charge in [-0.3, -0.25) is 0 Å². The molecule has 0 nitrogen and oxygen atoms in total. The summed E-state index contributed by atoms with van der Waals surface area (Å²) in [5.74, 6) is 0. The summed E-state index contributed by atoms with van der Waals surface area (Å²) >= 11 is 0. The summed E-state index contributed by atoms with van der Waals surface area (Å²) < 4.78 is 0. The average molecular weight is 248 g/mol. The van der Waals surface area contributed by atoms with Gasteiger partial charge in [-0.15, -0.1) is 0 Å². The highest BCUT2D eigenvalue weighted by molar-refractivity contribution is 5.12. The Bertz CT molecular complexity index is 252. The molecule has 0 unspecified atom stereocenters. The predicted octanol–water partition coefficient (Wildman–Crippen LogP) is 6.60. The van der Waals surface area contributed by atoms with Crippen molar-refractivity contribution in [2.24, 2.45) is 0 Å². The highest BCUT2D eigenvalue weighted by atomic mass is 14.0. The van der Waals surface area contributed by atoms with Gasteiger partial charge in [0.25, 0.3) is 0 Å². The first-order chi connectivity index (χ1) is 8.70. The second kappa shape index (κ2) is 12.7. The first-order valence-electron chi connectivity index (χ1n) is 7.68. The maximum atomic E-state index is 2.35. The Kier molecular flexibility index (Phi) is 12.1. The normalized spacial score (nSPS) is 10.7. The lowest BCUT2D eigenvalue weighted by Crippen LogP contribution is -1.84. The zero-order chi connectivity index (χ0) is 13.6. The molecule has 0 atom stereocenters. The zero-order valence-corrected chi connectivity index (χ0v) is 13.0. The Morgan fingerprint density at radius 3 is 2.00 bits per heavy atom. The van der Waals surface area contributed by atoms with Crippen LogP contribution >= 0.6 is 0 Å². The van der Waals surface area contributed by atoms with Crippen molar-refractivity contribution in [2.45, 2.75) is 79.1 Å². The molecule has 0 fully saturated rings. The van der Waals surface area contributed by atoms with Gasteiger partial charge in [0.15, 0.2) is 0 Å². The van der Waals surface area contributed by atoms with E-state index < -0.39 is 0 Å². The van der Waals surface area contributed by atoms with Crippen molar-refractivity contribution in [3.05, 3.63) is 35.5 Å². The minimum absolute atomic E-state index is 1.16. The number of allylic oxidation sites excluding steroid dienone is 6. The lowest BCUT2D eigenvalue weighted by Gasteiger charge is -2.04. The summed E-state index contributed by atoms with van der Waals surface area (Å²) in [6.07, 6.45) is 19.4. The van der Waals surface area contributed by atoms with Gasteiger partial charge in [-0.25, -0.2) is 0 Å². The van der Waals surface area contributed by atoms with Crippen molar-refractivity contribution in [3.8, 4) is 0 Å². The first kappa shape index (κ1) is 17.2. The summed E-state index contributed by atoms with van der Waals surface area (Å²) in [5.41, 5.74) is 3.06. The van der Waals surface area contributed by atoms with Gasteiger partial charge in [0.1, 0.15) is 0 Å². The summed E-state index contributed by atoms with van der Waals surface area (Å²) in [6.45, 7) is 8.87. The molecule has 0 saturated carbocycles. The first-order valence-corrected chi connectivity index (χ1v) is 7.68. The number of hydrogen-bond donors (Lipinski definition) is 0. The van der Waals surface area contributed by atoms with E-state index in [0.29, 0.717) is 0 Å². The Hall–Kier alpha value is -0.780. The fourth-order valence-corrected chi connectivity index (χ4v) is 1.87. The van der Waals surface area contributed by atoms with Crippen molar-refractivity contribution >= 4 is 0 Å². The largest absolute Gasteiger partial charge is 0.0856 e. The molecule has 0 aromatic rings. The summed E-state index contributed by atoms with van der Waals surface area (Å²) in [5, 5.41) is 0. The van der Waals surface area contributed by atoms with Gasteiger partial charge in [-0.2, -0.15) is 0 Å². The van der Waals surface area contributed by atoms with E-state index in [1.165, 1.54) is 50.5 Å². The van der Waals surface area contributed by atoms with Crippen LogP contribution in [0.25, 0.3) is 0 Å². The second-order valence-corrected chi connectivity index (χ2v) is 5.32. The lowest BCUT2D eigenvalue weighted by molar-refractivity contribution is 0.713. The van der Waals surface area contributed by atoms with Crippen LogP contribution in [0.4, 0.5) is 0 Å². The Morgan fingerprint density at radius 1 is 0.889 bits per heavy atom. The van der Waals surface area contributed by atoms with E-state index in [9.17, 15) is 0 Å². The summed E-state index contributed by atoms with van der Waals surface area (Å²) in [6, 6.07) is 0. The smallest absolute Gasteiger partial charge is 0.0313 e. The molecule has 104 valence electrons. The van der Waals surface area contributed by atoms with Gasteiger partial charge in [0, 0.05) is 0 Å². The highest BCUT2D eigenvalue weighted by Gasteiger charge is 1.95. The van der Waals surface area contributed by atoms with Crippen molar-refractivity contribution < 1.29 is 0 Å². The van der Waals surface area contributed by atoms with E-state index >= 15 is 0 Å². The Balaban J connectivity index is 4.02. The summed E-state index contributed by atoms with van der Waals surface area (Å²) in [4.78, 5) is 0. The van der Waals surface area contributed by atoms with Crippen LogP contribution in [0.15, 0.2) is 35.5 Å². The van der Waals surface area contributed by atoms with Gasteiger partial charge < -0.3 is 0 Å². The molecule has 0 aliphatic carbocycles.